The maximum Gasteiger partial charge on any atom is 0.321 e. The Morgan fingerprint density at radius 1 is 0.889 bits per heavy atom. The van der Waals surface area contributed by atoms with Crippen molar-refractivity contribution >= 4 is 23.3 Å². The molecule has 2 aromatic rings. The number of hydrogen-bond acceptors (Lipinski definition) is 3. The van der Waals surface area contributed by atoms with Gasteiger partial charge >= 0.3 is 6.03 Å². The van der Waals surface area contributed by atoms with Crippen LogP contribution in [0.15, 0.2) is 42.5 Å². The number of carbonyl (C=O) groups is 2. The number of nitrogens with one attached hydrogen (secondary N) is 2. The fourth-order valence-electron chi connectivity index (χ4n) is 3.14. The molecule has 1 saturated heterocycles. The lowest BCUT2D eigenvalue weighted by molar-refractivity contribution is 0.102. The smallest absolute Gasteiger partial charge is 0.321 e. The largest absolute Gasteiger partial charge is 0.507 e. The molecule has 1 aliphatic heterocycles. The van der Waals surface area contributed by atoms with Gasteiger partial charge in [0.1, 0.15) is 5.75 Å². The van der Waals surface area contributed by atoms with Crippen LogP contribution in [-0.2, 0) is 0 Å². The topological polar surface area (TPSA) is 81.7 Å². The summed E-state index contributed by atoms with van der Waals surface area (Å²) in [6.07, 6.45) is 4.44. The van der Waals surface area contributed by atoms with Gasteiger partial charge in [-0.1, -0.05) is 24.5 Å². The molecule has 0 atom stereocenters. The average Bonchev–Trinajstić information content (AvgIpc) is 2.95. The molecule has 27 heavy (non-hydrogen) atoms. The zero-order chi connectivity index (χ0) is 19.2. The van der Waals surface area contributed by atoms with Crippen molar-refractivity contribution in [2.24, 2.45) is 0 Å². The second-order valence-corrected chi connectivity index (χ2v) is 6.88. The van der Waals surface area contributed by atoms with Gasteiger partial charge in [0.25, 0.3) is 5.91 Å². The van der Waals surface area contributed by atoms with Crippen molar-refractivity contribution in [2.75, 3.05) is 23.7 Å². The van der Waals surface area contributed by atoms with Crippen molar-refractivity contribution in [1.29, 1.82) is 0 Å². The number of anilines is 2. The van der Waals surface area contributed by atoms with Crippen LogP contribution in [0.5, 0.6) is 5.75 Å². The minimum Gasteiger partial charge on any atom is -0.507 e. The molecule has 6 heteroatoms. The SMILES string of the molecule is Cc1ccc(O)c(C(=O)Nc2ccc(NC(=O)N3CCCCCC3)cc2)c1. The van der Waals surface area contributed by atoms with Gasteiger partial charge in [-0.05, 0) is 56.2 Å². The highest BCUT2D eigenvalue weighted by atomic mass is 16.3. The summed E-state index contributed by atoms with van der Waals surface area (Å²) in [5.74, 6) is -0.433. The van der Waals surface area contributed by atoms with Crippen LogP contribution in [0.3, 0.4) is 0 Å². The van der Waals surface area contributed by atoms with Crippen LogP contribution in [0.4, 0.5) is 16.2 Å². The Labute approximate surface area is 159 Å². The fraction of sp³-hybridized carbons (Fsp3) is 0.333. The lowest BCUT2D eigenvalue weighted by Crippen LogP contribution is -2.35. The number of likely N-dealkylation sites (tertiary alicyclic amines) is 1. The average molecular weight is 367 g/mol. The molecule has 3 amide bonds. The summed E-state index contributed by atoms with van der Waals surface area (Å²) in [5, 5.41) is 15.5. The highest BCUT2D eigenvalue weighted by Crippen LogP contribution is 2.21. The number of rotatable bonds is 3. The van der Waals surface area contributed by atoms with E-state index in [0.717, 1.165) is 31.5 Å². The van der Waals surface area contributed by atoms with Gasteiger partial charge in [0, 0.05) is 24.5 Å². The molecule has 0 unspecified atom stereocenters. The molecule has 0 bridgehead atoms. The molecule has 0 radical (unpaired) electrons. The van der Waals surface area contributed by atoms with Crippen LogP contribution in [0.2, 0.25) is 0 Å². The van der Waals surface area contributed by atoms with Gasteiger partial charge in [-0.25, -0.2) is 4.79 Å². The van der Waals surface area contributed by atoms with E-state index in [1.165, 1.54) is 18.9 Å². The van der Waals surface area contributed by atoms with E-state index in [2.05, 4.69) is 10.6 Å². The Morgan fingerprint density at radius 3 is 2.11 bits per heavy atom. The Kier molecular flexibility index (Phi) is 5.96. The molecule has 0 aromatic heterocycles. The molecule has 6 nitrogen and oxygen atoms in total. The number of amides is 3. The number of aromatic hydroxyl groups is 1. The van der Waals surface area contributed by atoms with Gasteiger partial charge in [0.15, 0.2) is 0 Å². The normalized spacial score (nSPS) is 14.3. The molecular weight excluding hydrogens is 342 g/mol. The van der Waals surface area contributed by atoms with Crippen molar-refractivity contribution in [3.05, 3.63) is 53.6 Å². The lowest BCUT2D eigenvalue weighted by Gasteiger charge is -2.20. The van der Waals surface area contributed by atoms with Crippen LogP contribution >= 0.6 is 0 Å². The fourth-order valence-corrected chi connectivity index (χ4v) is 3.14. The lowest BCUT2D eigenvalue weighted by atomic mass is 10.1. The number of phenolic OH excluding ortho intramolecular Hbond substituents is 1. The van der Waals surface area contributed by atoms with Crippen molar-refractivity contribution in [3.63, 3.8) is 0 Å². The van der Waals surface area contributed by atoms with Crippen LogP contribution in [0.25, 0.3) is 0 Å². The Balaban J connectivity index is 1.60. The molecule has 142 valence electrons. The number of hydrogen-bond donors (Lipinski definition) is 3. The van der Waals surface area contributed by atoms with E-state index < -0.39 is 0 Å². The standard InChI is InChI=1S/C21H25N3O3/c1-15-6-11-19(25)18(14-15)20(26)22-16-7-9-17(10-8-16)23-21(27)24-12-4-2-3-5-13-24/h6-11,14,25H,2-5,12-13H2,1H3,(H,22,26)(H,23,27). The van der Waals surface area contributed by atoms with E-state index in [9.17, 15) is 14.7 Å². The highest BCUT2D eigenvalue weighted by Gasteiger charge is 2.16. The molecule has 0 spiro atoms. The zero-order valence-electron chi connectivity index (χ0n) is 15.5. The monoisotopic (exact) mass is 367 g/mol. The molecule has 3 N–H and O–H groups in total. The van der Waals surface area contributed by atoms with Gasteiger partial charge in [-0.2, -0.15) is 0 Å². The second kappa shape index (κ2) is 8.58. The summed E-state index contributed by atoms with van der Waals surface area (Å²) in [6.45, 7) is 3.44. The van der Waals surface area contributed by atoms with Gasteiger partial charge in [-0.3, -0.25) is 4.79 Å². The first-order valence-corrected chi connectivity index (χ1v) is 9.30. The summed E-state index contributed by atoms with van der Waals surface area (Å²) in [4.78, 5) is 26.5. The number of phenols is 1. The molecule has 0 aliphatic carbocycles. The van der Waals surface area contributed by atoms with E-state index in [1.807, 2.05) is 11.8 Å². The third kappa shape index (κ3) is 5.00. The van der Waals surface area contributed by atoms with Crippen molar-refractivity contribution in [3.8, 4) is 5.75 Å². The van der Waals surface area contributed by atoms with Crippen molar-refractivity contribution < 1.29 is 14.7 Å². The van der Waals surface area contributed by atoms with E-state index in [0.29, 0.717) is 11.4 Å². The van der Waals surface area contributed by atoms with Crippen LogP contribution in [0.1, 0.15) is 41.6 Å². The zero-order valence-corrected chi connectivity index (χ0v) is 15.5. The van der Waals surface area contributed by atoms with Gasteiger partial charge in [0.05, 0.1) is 5.56 Å². The third-order valence-electron chi connectivity index (χ3n) is 4.68. The van der Waals surface area contributed by atoms with E-state index >= 15 is 0 Å². The van der Waals surface area contributed by atoms with Gasteiger partial charge < -0.3 is 20.6 Å². The number of benzene rings is 2. The number of carbonyl (C=O) groups excluding carboxylic acids is 2. The second-order valence-electron chi connectivity index (χ2n) is 6.88. The first-order chi connectivity index (χ1) is 13.0. The Bertz CT molecular complexity index is 810. The molecule has 0 saturated carbocycles. The number of urea groups is 1. The minimum absolute atomic E-state index is 0.0561. The predicted molar refractivity (Wildman–Crippen MR) is 106 cm³/mol. The first kappa shape index (κ1) is 18.8. The summed E-state index contributed by atoms with van der Waals surface area (Å²) < 4.78 is 0. The number of nitrogens with zero attached hydrogens (tertiary/aromatic N) is 1. The molecule has 1 aliphatic rings. The third-order valence-corrected chi connectivity index (χ3v) is 4.68. The van der Waals surface area contributed by atoms with E-state index in [1.54, 1.807) is 36.4 Å². The van der Waals surface area contributed by atoms with Crippen molar-refractivity contribution in [2.45, 2.75) is 32.6 Å². The number of aryl methyl sites for hydroxylation is 1. The molecule has 3 rings (SSSR count). The Hall–Kier alpha value is -3.02. The molecule has 1 heterocycles. The van der Waals surface area contributed by atoms with Gasteiger partial charge in [0.2, 0.25) is 0 Å². The maximum absolute atomic E-state index is 12.4. The molecular formula is C21H25N3O3. The van der Waals surface area contributed by atoms with Gasteiger partial charge in [-0.15, -0.1) is 0 Å². The predicted octanol–water partition coefficient (Wildman–Crippen LogP) is 4.36. The maximum atomic E-state index is 12.4. The summed E-state index contributed by atoms with van der Waals surface area (Å²) >= 11 is 0. The van der Waals surface area contributed by atoms with Crippen LogP contribution < -0.4 is 10.6 Å². The van der Waals surface area contributed by atoms with E-state index in [4.69, 9.17) is 0 Å². The summed E-state index contributed by atoms with van der Waals surface area (Å²) in [5.41, 5.74) is 2.40. The first-order valence-electron chi connectivity index (χ1n) is 9.30. The van der Waals surface area contributed by atoms with Crippen LogP contribution in [0, 0.1) is 6.92 Å². The Morgan fingerprint density at radius 2 is 1.48 bits per heavy atom. The molecule has 2 aromatic carbocycles. The van der Waals surface area contributed by atoms with Crippen molar-refractivity contribution in [1.82, 2.24) is 4.90 Å². The van der Waals surface area contributed by atoms with E-state index in [-0.39, 0.29) is 23.3 Å². The summed E-state index contributed by atoms with van der Waals surface area (Å²) in [6, 6.07) is 11.8. The molecule has 1 fully saturated rings. The van der Waals surface area contributed by atoms with Crippen LogP contribution in [-0.4, -0.2) is 35.0 Å². The minimum atomic E-state index is -0.377. The highest BCUT2D eigenvalue weighted by molar-refractivity contribution is 6.06. The summed E-state index contributed by atoms with van der Waals surface area (Å²) in [7, 11) is 0. The quantitative estimate of drug-likeness (QED) is 0.754.